The highest BCUT2D eigenvalue weighted by Gasteiger charge is 2.09. The van der Waals surface area contributed by atoms with E-state index in [2.05, 4.69) is 0 Å². The van der Waals surface area contributed by atoms with Crippen molar-refractivity contribution in [2.75, 3.05) is 13.2 Å². The largest absolute Gasteiger partial charge is 0.480 e. The highest BCUT2D eigenvalue weighted by molar-refractivity contribution is 6.32. The Kier molecular flexibility index (Phi) is 8.78. The number of esters is 2. The van der Waals surface area contributed by atoms with E-state index in [1.165, 1.54) is 0 Å². The molecule has 166 valence electrons. The predicted octanol–water partition coefficient (Wildman–Crippen LogP) is 5.24. The number of hydrogen-bond donors (Lipinski definition) is 0. The van der Waals surface area contributed by atoms with Crippen LogP contribution in [-0.2, 0) is 32.3 Å². The third kappa shape index (κ3) is 7.48. The van der Waals surface area contributed by atoms with Gasteiger partial charge < -0.3 is 18.9 Å². The van der Waals surface area contributed by atoms with Crippen LogP contribution in [0.4, 0.5) is 0 Å². The molecule has 0 aliphatic rings. The number of para-hydroxylation sites is 2. The molecule has 0 amide bonds. The molecule has 0 saturated heterocycles. The zero-order valence-corrected chi connectivity index (χ0v) is 18.5. The smallest absolute Gasteiger partial charge is 0.344 e. The third-order valence-electron chi connectivity index (χ3n) is 4.16. The topological polar surface area (TPSA) is 71.1 Å². The van der Waals surface area contributed by atoms with Crippen molar-refractivity contribution >= 4 is 35.1 Å². The molecule has 0 heterocycles. The summed E-state index contributed by atoms with van der Waals surface area (Å²) in [5.74, 6) is -0.237. The maximum Gasteiger partial charge on any atom is 0.344 e. The molecular weight excluding hydrogens is 455 g/mol. The average Bonchev–Trinajstić information content (AvgIpc) is 2.80. The lowest BCUT2D eigenvalue weighted by Gasteiger charge is -2.10. The standard InChI is InChI=1S/C24H20Cl2O6/c25-19-8-1-3-10-21(19)29-15-23(27)31-13-17-6-5-7-18(12-17)14-32-24(28)16-30-22-11-4-2-9-20(22)26/h1-12H,13-16H2. The van der Waals surface area contributed by atoms with Crippen molar-refractivity contribution in [3.63, 3.8) is 0 Å². The average molecular weight is 475 g/mol. The van der Waals surface area contributed by atoms with Gasteiger partial charge in [0.25, 0.3) is 0 Å². The summed E-state index contributed by atoms with van der Waals surface area (Å²) in [5.41, 5.74) is 1.49. The Bertz CT molecular complexity index is 989. The van der Waals surface area contributed by atoms with Crippen molar-refractivity contribution in [3.8, 4) is 11.5 Å². The Morgan fingerprint density at radius 2 is 1.06 bits per heavy atom. The van der Waals surface area contributed by atoms with Gasteiger partial charge in [-0.1, -0.05) is 65.7 Å². The van der Waals surface area contributed by atoms with Crippen LogP contribution in [0, 0.1) is 0 Å². The van der Waals surface area contributed by atoms with Gasteiger partial charge in [0.2, 0.25) is 0 Å². The lowest BCUT2D eigenvalue weighted by molar-refractivity contribution is -0.147. The van der Waals surface area contributed by atoms with Crippen LogP contribution in [0.5, 0.6) is 11.5 Å². The second-order valence-electron chi connectivity index (χ2n) is 6.58. The second kappa shape index (κ2) is 12.0. The lowest BCUT2D eigenvalue weighted by Crippen LogP contribution is -2.15. The van der Waals surface area contributed by atoms with Crippen LogP contribution in [0.3, 0.4) is 0 Å². The fourth-order valence-corrected chi connectivity index (χ4v) is 3.00. The second-order valence-corrected chi connectivity index (χ2v) is 7.39. The minimum absolute atomic E-state index is 0.0577. The van der Waals surface area contributed by atoms with Gasteiger partial charge in [0.05, 0.1) is 10.0 Å². The Labute approximate surface area is 195 Å². The molecule has 0 aliphatic carbocycles. The summed E-state index contributed by atoms with van der Waals surface area (Å²) in [6.07, 6.45) is 0. The van der Waals surface area contributed by atoms with Gasteiger partial charge in [-0.2, -0.15) is 0 Å². The fraction of sp³-hybridized carbons (Fsp3) is 0.167. The SMILES string of the molecule is O=C(COc1ccccc1Cl)OCc1cccc(COC(=O)COc2ccccc2Cl)c1. The monoisotopic (exact) mass is 474 g/mol. The Morgan fingerprint density at radius 1 is 0.625 bits per heavy atom. The Morgan fingerprint density at radius 3 is 1.50 bits per heavy atom. The van der Waals surface area contributed by atoms with Gasteiger partial charge in [-0.15, -0.1) is 0 Å². The van der Waals surface area contributed by atoms with Crippen LogP contribution in [0.15, 0.2) is 72.8 Å². The number of ether oxygens (including phenoxy) is 4. The van der Waals surface area contributed by atoms with Crippen LogP contribution in [0.1, 0.15) is 11.1 Å². The van der Waals surface area contributed by atoms with Crippen molar-refractivity contribution in [1.29, 1.82) is 0 Å². The molecule has 0 N–H and O–H groups in total. The third-order valence-corrected chi connectivity index (χ3v) is 4.78. The summed E-state index contributed by atoms with van der Waals surface area (Å²) in [5, 5.41) is 0.833. The van der Waals surface area contributed by atoms with E-state index >= 15 is 0 Å². The molecule has 0 fully saturated rings. The summed E-state index contributed by atoms with van der Waals surface area (Å²) in [6, 6.07) is 20.9. The number of halogens is 2. The van der Waals surface area contributed by atoms with Crippen molar-refractivity contribution in [2.45, 2.75) is 13.2 Å². The first kappa shape index (κ1) is 23.4. The summed E-state index contributed by atoms with van der Waals surface area (Å²) in [6.45, 7) is -0.400. The van der Waals surface area contributed by atoms with Crippen LogP contribution in [0.25, 0.3) is 0 Å². The molecule has 0 radical (unpaired) electrons. The van der Waals surface area contributed by atoms with E-state index in [4.69, 9.17) is 42.1 Å². The summed E-state index contributed by atoms with van der Waals surface area (Å²) in [4.78, 5) is 23.9. The van der Waals surface area contributed by atoms with E-state index in [1.54, 1.807) is 72.8 Å². The van der Waals surface area contributed by atoms with E-state index < -0.39 is 11.9 Å². The molecule has 0 unspecified atom stereocenters. The number of benzene rings is 3. The Hall–Kier alpha value is -3.22. The van der Waals surface area contributed by atoms with Crippen molar-refractivity contribution in [3.05, 3.63) is 94.0 Å². The molecule has 8 heteroatoms. The van der Waals surface area contributed by atoms with Gasteiger partial charge in [0, 0.05) is 0 Å². The van der Waals surface area contributed by atoms with Crippen LogP contribution < -0.4 is 9.47 Å². The van der Waals surface area contributed by atoms with E-state index in [-0.39, 0.29) is 26.4 Å². The first-order chi connectivity index (χ1) is 15.5. The zero-order valence-electron chi connectivity index (χ0n) is 17.0. The number of carbonyl (C=O) groups excluding carboxylic acids is 2. The minimum Gasteiger partial charge on any atom is -0.480 e. The molecule has 32 heavy (non-hydrogen) atoms. The predicted molar refractivity (Wildman–Crippen MR) is 120 cm³/mol. The molecule has 3 aromatic carbocycles. The molecule has 0 aliphatic heterocycles. The van der Waals surface area contributed by atoms with E-state index in [0.717, 1.165) is 11.1 Å². The van der Waals surface area contributed by atoms with Gasteiger partial charge in [-0.05, 0) is 41.5 Å². The number of hydrogen-bond acceptors (Lipinski definition) is 6. The molecule has 0 spiro atoms. The van der Waals surface area contributed by atoms with Crippen molar-refractivity contribution in [2.24, 2.45) is 0 Å². The van der Waals surface area contributed by atoms with Crippen molar-refractivity contribution < 1.29 is 28.5 Å². The lowest BCUT2D eigenvalue weighted by atomic mass is 10.1. The maximum atomic E-state index is 11.9. The molecule has 0 aromatic heterocycles. The van der Waals surface area contributed by atoms with Crippen molar-refractivity contribution in [1.82, 2.24) is 0 Å². The molecular formula is C24H20Cl2O6. The first-order valence-corrected chi connectivity index (χ1v) is 10.4. The highest BCUT2D eigenvalue weighted by Crippen LogP contribution is 2.23. The summed E-state index contributed by atoms with van der Waals surface area (Å²) in [7, 11) is 0. The number of carbonyl (C=O) groups is 2. The van der Waals surface area contributed by atoms with Gasteiger partial charge in [0.15, 0.2) is 13.2 Å². The summed E-state index contributed by atoms with van der Waals surface area (Å²) >= 11 is 12.0. The van der Waals surface area contributed by atoms with Crippen LogP contribution in [-0.4, -0.2) is 25.2 Å². The minimum atomic E-state index is -0.529. The summed E-state index contributed by atoms with van der Waals surface area (Å²) < 4.78 is 21.2. The maximum absolute atomic E-state index is 11.9. The molecule has 3 rings (SSSR count). The van der Waals surface area contributed by atoms with Gasteiger partial charge in [-0.3, -0.25) is 0 Å². The Balaban J connectivity index is 1.40. The molecule has 3 aromatic rings. The molecule has 0 atom stereocenters. The zero-order chi connectivity index (χ0) is 22.8. The van der Waals surface area contributed by atoms with E-state index in [0.29, 0.717) is 21.5 Å². The fourth-order valence-electron chi connectivity index (χ4n) is 2.62. The normalized spacial score (nSPS) is 10.3. The van der Waals surface area contributed by atoms with Crippen LogP contribution in [0.2, 0.25) is 10.0 Å². The van der Waals surface area contributed by atoms with Crippen LogP contribution >= 0.6 is 23.2 Å². The first-order valence-electron chi connectivity index (χ1n) is 9.65. The van der Waals surface area contributed by atoms with E-state index in [1.807, 2.05) is 0 Å². The van der Waals surface area contributed by atoms with Gasteiger partial charge in [0.1, 0.15) is 24.7 Å². The van der Waals surface area contributed by atoms with Gasteiger partial charge in [-0.25, -0.2) is 9.59 Å². The highest BCUT2D eigenvalue weighted by atomic mass is 35.5. The molecule has 6 nitrogen and oxygen atoms in total. The quantitative estimate of drug-likeness (QED) is 0.374. The van der Waals surface area contributed by atoms with Gasteiger partial charge >= 0.3 is 11.9 Å². The number of rotatable bonds is 10. The molecule has 0 bridgehead atoms. The van der Waals surface area contributed by atoms with E-state index in [9.17, 15) is 9.59 Å². The molecule has 0 saturated carbocycles.